The molecule has 0 spiro atoms. The molecule has 9 nitrogen and oxygen atoms in total. The van der Waals surface area contributed by atoms with Crippen LogP contribution >= 0.6 is 22.7 Å². The molecule has 0 saturated carbocycles. The number of thiophene rings is 1. The van der Waals surface area contributed by atoms with Crippen LogP contribution in [-0.2, 0) is 22.3 Å². The van der Waals surface area contributed by atoms with Gasteiger partial charge in [0.05, 0.1) is 40.3 Å². The van der Waals surface area contributed by atoms with Gasteiger partial charge in [0, 0.05) is 31.9 Å². The van der Waals surface area contributed by atoms with E-state index < -0.39 is 0 Å². The number of anilines is 2. The highest BCUT2D eigenvalue weighted by Gasteiger charge is 2.33. The molecule has 4 atom stereocenters. The second-order valence-corrected chi connectivity index (χ2v) is 11.6. The van der Waals surface area contributed by atoms with E-state index in [9.17, 15) is 4.79 Å². The summed E-state index contributed by atoms with van der Waals surface area (Å²) in [6.07, 6.45) is 2.41. The molecule has 1 aliphatic carbocycles. The molecule has 4 unspecified atom stereocenters. The van der Waals surface area contributed by atoms with Crippen LogP contribution in [0.2, 0.25) is 0 Å². The van der Waals surface area contributed by atoms with Gasteiger partial charge in [0.15, 0.2) is 0 Å². The number of fused-ring (bicyclic) bond motifs is 2. The van der Waals surface area contributed by atoms with E-state index in [1.165, 1.54) is 28.2 Å². The van der Waals surface area contributed by atoms with Crippen LogP contribution in [0.15, 0.2) is 12.1 Å². The first-order valence-corrected chi connectivity index (χ1v) is 13.6. The first-order chi connectivity index (χ1) is 16.8. The average molecular weight is 517 g/mol. The van der Waals surface area contributed by atoms with Gasteiger partial charge in [0.1, 0.15) is 15.5 Å². The van der Waals surface area contributed by atoms with E-state index in [-0.39, 0.29) is 30.2 Å². The Labute approximate surface area is 212 Å². The first-order valence-electron chi connectivity index (χ1n) is 11.9. The van der Waals surface area contributed by atoms with Crippen LogP contribution in [0.25, 0.3) is 9.53 Å². The Morgan fingerprint density at radius 3 is 2.91 bits per heavy atom. The Morgan fingerprint density at radius 2 is 2.14 bits per heavy atom. The van der Waals surface area contributed by atoms with Crippen molar-refractivity contribution in [2.24, 2.45) is 5.73 Å². The fraction of sp³-hybridized carbons (Fsp3) is 0.542. The predicted octanol–water partition coefficient (Wildman–Crippen LogP) is 2.50. The lowest BCUT2D eigenvalue weighted by Crippen LogP contribution is -2.39. The van der Waals surface area contributed by atoms with Crippen molar-refractivity contribution in [1.29, 1.82) is 0 Å². The normalized spacial score (nSPS) is 23.0. The molecule has 5 rings (SSSR count). The maximum Gasteiger partial charge on any atom is 0.263 e. The number of nitrogens with zero attached hydrogens (tertiary/aromatic N) is 3. The molecule has 188 valence electrons. The monoisotopic (exact) mass is 516 g/mol. The Morgan fingerprint density at radius 1 is 1.31 bits per heavy atom. The molecular weight excluding hydrogens is 484 g/mol. The van der Waals surface area contributed by atoms with E-state index in [2.05, 4.69) is 27.3 Å². The number of rotatable bonds is 7. The molecule has 4 heterocycles. The van der Waals surface area contributed by atoms with Crippen LogP contribution in [0.3, 0.4) is 0 Å². The molecule has 1 saturated heterocycles. The number of amides is 1. The van der Waals surface area contributed by atoms with Crippen LogP contribution in [-0.4, -0.2) is 67.0 Å². The lowest BCUT2D eigenvalue weighted by molar-refractivity contribution is -0.0166. The van der Waals surface area contributed by atoms with Gasteiger partial charge in [-0.2, -0.15) is 0 Å². The predicted molar refractivity (Wildman–Crippen MR) is 141 cm³/mol. The van der Waals surface area contributed by atoms with Crippen molar-refractivity contribution in [3.8, 4) is 0 Å². The molecule has 1 amide bonds. The van der Waals surface area contributed by atoms with E-state index in [0.717, 1.165) is 51.9 Å². The van der Waals surface area contributed by atoms with Gasteiger partial charge in [-0.05, 0) is 44.7 Å². The number of nitrogen functional groups attached to an aromatic ring is 1. The summed E-state index contributed by atoms with van der Waals surface area (Å²) in [5.41, 5.74) is 15.4. The maximum absolute atomic E-state index is 12.9. The van der Waals surface area contributed by atoms with Crippen LogP contribution < -0.4 is 21.7 Å². The molecule has 0 bridgehead atoms. The SMILES string of the molecule is COC(C)COC1CN(c2ccc3c(n2)CCC(NC(=O)c2sc4nc(C)sc4c2N)C3)CC1N. The summed E-state index contributed by atoms with van der Waals surface area (Å²) in [6.45, 7) is 5.89. The average Bonchev–Trinajstić information content (AvgIpc) is 3.50. The van der Waals surface area contributed by atoms with Gasteiger partial charge in [0.25, 0.3) is 5.91 Å². The Hall–Kier alpha value is -2.31. The number of nitrogens with two attached hydrogens (primary N) is 2. The summed E-state index contributed by atoms with van der Waals surface area (Å²) in [5.74, 6) is 0.815. The molecule has 11 heteroatoms. The molecule has 35 heavy (non-hydrogen) atoms. The van der Waals surface area contributed by atoms with Gasteiger partial charge < -0.3 is 31.2 Å². The summed E-state index contributed by atoms with van der Waals surface area (Å²) in [5, 5.41) is 4.14. The fourth-order valence-corrected chi connectivity index (χ4v) is 6.80. The van der Waals surface area contributed by atoms with Crippen LogP contribution in [0.1, 0.15) is 39.3 Å². The third-order valence-corrected chi connectivity index (χ3v) is 8.99. The molecule has 1 fully saturated rings. The number of carbonyl (C=O) groups excluding carboxylic acids is 1. The zero-order valence-electron chi connectivity index (χ0n) is 20.2. The van der Waals surface area contributed by atoms with Crippen LogP contribution in [0.4, 0.5) is 11.5 Å². The molecular formula is C24H32N6O3S2. The Balaban J connectivity index is 1.21. The van der Waals surface area contributed by atoms with E-state index >= 15 is 0 Å². The first kappa shape index (κ1) is 24.4. The maximum atomic E-state index is 12.9. The van der Waals surface area contributed by atoms with Gasteiger partial charge in [-0.25, -0.2) is 9.97 Å². The minimum atomic E-state index is -0.117. The largest absolute Gasteiger partial charge is 0.396 e. The van der Waals surface area contributed by atoms with E-state index in [4.69, 9.17) is 25.9 Å². The Bertz CT molecular complexity index is 1230. The van der Waals surface area contributed by atoms with Crippen LogP contribution in [0, 0.1) is 6.92 Å². The number of thiazole rings is 1. The smallest absolute Gasteiger partial charge is 0.263 e. The van der Waals surface area contributed by atoms with Crippen molar-refractivity contribution < 1.29 is 14.3 Å². The number of hydrogen-bond acceptors (Lipinski definition) is 10. The van der Waals surface area contributed by atoms with E-state index in [1.807, 2.05) is 13.8 Å². The van der Waals surface area contributed by atoms with Gasteiger partial charge >= 0.3 is 0 Å². The Kier molecular flexibility index (Phi) is 6.95. The second kappa shape index (κ2) is 9.98. The standard InChI is InChI=1S/C24H32N6O3S2/c1-12(32-3)11-33-18-10-30(9-16(18)25)19-7-4-14-8-15(5-6-17(14)29-19)28-23(31)21-20(26)22-24(35-21)27-13(2)34-22/h4,7,12,15-16,18H,5-6,8-11,25-26H2,1-3H3,(H,28,31). The molecule has 3 aromatic heterocycles. The van der Waals surface area contributed by atoms with Crippen molar-refractivity contribution in [3.63, 3.8) is 0 Å². The van der Waals surface area contributed by atoms with Crippen LogP contribution in [0.5, 0.6) is 0 Å². The third-order valence-electron chi connectivity index (χ3n) is 6.76. The highest BCUT2D eigenvalue weighted by atomic mass is 32.1. The topological polar surface area (TPSA) is 129 Å². The molecule has 3 aromatic rings. The number of nitrogens with one attached hydrogen (secondary N) is 1. The van der Waals surface area contributed by atoms with Crippen molar-refractivity contribution in [3.05, 3.63) is 33.3 Å². The van der Waals surface area contributed by atoms with Gasteiger partial charge in [0.2, 0.25) is 0 Å². The minimum absolute atomic E-state index is 0.0379. The van der Waals surface area contributed by atoms with Gasteiger partial charge in [-0.3, -0.25) is 4.79 Å². The minimum Gasteiger partial charge on any atom is -0.396 e. The number of carbonyl (C=O) groups is 1. The fourth-order valence-electron chi connectivity index (χ4n) is 4.71. The summed E-state index contributed by atoms with van der Waals surface area (Å²) in [4.78, 5) is 25.9. The lowest BCUT2D eigenvalue weighted by atomic mass is 9.91. The van der Waals surface area contributed by atoms with Gasteiger partial charge in [-0.15, -0.1) is 22.7 Å². The van der Waals surface area contributed by atoms with Crippen molar-refractivity contribution >= 4 is 49.6 Å². The molecule has 5 N–H and O–H groups in total. The lowest BCUT2D eigenvalue weighted by Gasteiger charge is -2.26. The molecule has 0 aromatic carbocycles. The number of pyridine rings is 1. The van der Waals surface area contributed by atoms with Crippen molar-refractivity contribution in [1.82, 2.24) is 15.3 Å². The summed E-state index contributed by atoms with van der Waals surface area (Å²) >= 11 is 2.90. The number of aromatic nitrogens is 2. The second-order valence-electron chi connectivity index (χ2n) is 9.39. The highest BCUT2D eigenvalue weighted by molar-refractivity contribution is 7.29. The summed E-state index contributed by atoms with van der Waals surface area (Å²) in [6, 6.07) is 4.17. The van der Waals surface area contributed by atoms with E-state index in [0.29, 0.717) is 23.7 Å². The van der Waals surface area contributed by atoms with Gasteiger partial charge in [-0.1, -0.05) is 6.07 Å². The summed E-state index contributed by atoms with van der Waals surface area (Å²) < 4.78 is 12.2. The quantitative estimate of drug-likeness (QED) is 0.437. The number of ether oxygens (including phenoxy) is 2. The molecule has 0 radical (unpaired) electrons. The molecule has 1 aliphatic heterocycles. The van der Waals surface area contributed by atoms with Crippen molar-refractivity contribution in [2.75, 3.05) is 37.4 Å². The summed E-state index contributed by atoms with van der Waals surface area (Å²) in [7, 11) is 1.68. The number of methoxy groups -OCH3 is 1. The third kappa shape index (κ3) is 5.01. The number of hydrogen-bond donors (Lipinski definition) is 3. The van der Waals surface area contributed by atoms with E-state index in [1.54, 1.807) is 7.11 Å². The number of aryl methyl sites for hydroxylation is 2. The zero-order valence-corrected chi connectivity index (χ0v) is 21.9. The zero-order chi connectivity index (χ0) is 24.7. The van der Waals surface area contributed by atoms with Crippen molar-refractivity contribution in [2.45, 2.75) is 57.4 Å². The molecule has 2 aliphatic rings. The highest BCUT2D eigenvalue weighted by Crippen LogP contribution is 2.37.